The molecule has 0 bridgehead atoms. The van der Waals surface area contributed by atoms with Crippen LogP contribution in [0.1, 0.15) is 43.8 Å². The van der Waals surface area contributed by atoms with Crippen molar-refractivity contribution in [3.63, 3.8) is 0 Å². The number of nitrogens with one attached hydrogen (secondary N) is 3. The minimum Gasteiger partial charge on any atom is -0.390 e. The Kier molecular flexibility index (Phi) is 5.73. The zero-order chi connectivity index (χ0) is 22.1. The highest BCUT2D eigenvalue weighted by atomic mass is 19.3. The highest BCUT2D eigenvalue weighted by Gasteiger charge is 2.32. The zero-order valence-electron chi connectivity index (χ0n) is 16.7. The molecule has 0 aliphatic heterocycles. The van der Waals surface area contributed by atoms with E-state index in [4.69, 9.17) is 0 Å². The first-order chi connectivity index (χ1) is 14.0. The first kappa shape index (κ1) is 21.6. The Morgan fingerprint density at radius 1 is 1.23 bits per heavy atom. The fourth-order valence-corrected chi connectivity index (χ4v) is 3.21. The number of nitrogens with zero attached hydrogens (tertiary/aromatic N) is 2. The number of rotatable bonds is 6. The van der Waals surface area contributed by atoms with Gasteiger partial charge in [0.05, 0.1) is 34.8 Å². The minimum absolute atomic E-state index is 0.00890. The number of aromatic amines is 1. The topological polar surface area (TPSA) is 123 Å². The van der Waals surface area contributed by atoms with Crippen LogP contribution in [0.4, 0.5) is 19.4 Å². The molecule has 30 heavy (non-hydrogen) atoms. The Morgan fingerprint density at radius 3 is 2.47 bits per heavy atom. The van der Waals surface area contributed by atoms with E-state index in [9.17, 15) is 23.8 Å². The lowest BCUT2D eigenvalue weighted by Crippen LogP contribution is -2.44. The smallest absolute Gasteiger partial charge is 0.320 e. The van der Waals surface area contributed by atoms with Crippen LogP contribution in [0.15, 0.2) is 36.4 Å². The van der Waals surface area contributed by atoms with Crippen LogP contribution in [-0.2, 0) is 12.5 Å². The molecule has 1 atom stereocenters. The molecule has 8 nitrogen and oxygen atoms in total. The first-order valence-electron chi connectivity index (χ1n) is 9.22. The van der Waals surface area contributed by atoms with E-state index < -0.39 is 35.9 Å². The molecule has 2 aromatic heterocycles. The maximum Gasteiger partial charge on any atom is 0.320 e. The Bertz CT molecular complexity index is 1040. The summed E-state index contributed by atoms with van der Waals surface area (Å²) in [5.41, 5.74) is -0.952. The Balaban J connectivity index is 1.87. The number of urea groups is 1. The Hall–Kier alpha value is -3.11. The predicted molar refractivity (Wildman–Crippen MR) is 107 cm³/mol. The van der Waals surface area contributed by atoms with Crippen molar-refractivity contribution in [2.45, 2.75) is 44.9 Å². The van der Waals surface area contributed by atoms with Gasteiger partial charge in [0.1, 0.15) is 11.5 Å². The van der Waals surface area contributed by atoms with Crippen molar-refractivity contribution < 1.29 is 23.8 Å². The van der Waals surface area contributed by atoms with Crippen molar-refractivity contribution >= 4 is 22.8 Å². The van der Waals surface area contributed by atoms with Gasteiger partial charge in [0.15, 0.2) is 0 Å². The van der Waals surface area contributed by atoms with Crippen LogP contribution in [0.2, 0.25) is 0 Å². The van der Waals surface area contributed by atoms with E-state index in [0.717, 1.165) is 0 Å². The average molecular weight is 419 g/mol. The summed E-state index contributed by atoms with van der Waals surface area (Å²) in [6.07, 6.45) is 0. The number of pyridine rings is 1. The standard InChI is InChI=1S/C20H23F2N5O3/c1-19(2,30)16(11-7-5-4-6-8-11)25-18(29)24-14-9-12-15(13(10-28)23-14)17(27-26-12)20(3,21)22/h4-9,16,28,30H,10H2,1-3H3,(H,26,27)(H2,23,24,25,29)/t16-/m0/s1. The normalized spacial score (nSPS) is 13.3. The molecule has 0 saturated heterocycles. The van der Waals surface area contributed by atoms with E-state index in [2.05, 4.69) is 25.8 Å². The number of carbonyl (C=O) groups excluding carboxylic acids is 1. The molecule has 0 spiro atoms. The van der Waals surface area contributed by atoms with Crippen LogP contribution >= 0.6 is 0 Å². The summed E-state index contributed by atoms with van der Waals surface area (Å²) in [6, 6.07) is 8.86. The number of carbonyl (C=O) groups is 1. The third kappa shape index (κ3) is 4.55. The van der Waals surface area contributed by atoms with Gasteiger partial charge >= 0.3 is 6.03 Å². The number of H-pyrrole nitrogens is 1. The van der Waals surface area contributed by atoms with Crippen molar-refractivity contribution in [3.05, 3.63) is 53.3 Å². The lowest BCUT2D eigenvalue weighted by atomic mass is 9.92. The van der Waals surface area contributed by atoms with E-state index in [1.165, 1.54) is 6.07 Å². The molecule has 10 heteroatoms. The monoisotopic (exact) mass is 419 g/mol. The number of benzene rings is 1. The van der Waals surface area contributed by atoms with Crippen LogP contribution in [0.5, 0.6) is 0 Å². The van der Waals surface area contributed by atoms with Crippen molar-refractivity contribution in [3.8, 4) is 0 Å². The summed E-state index contributed by atoms with van der Waals surface area (Å²) < 4.78 is 27.6. The summed E-state index contributed by atoms with van der Waals surface area (Å²) in [5, 5.41) is 31.4. The number of fused-ring (bicyclic) bond motifs is 1. The molecular weight excluding hydrogens is 396 g/mol. The molecule has 5 N–H and O–H groups in total. The summed E-state index contributed by atoms with van der Waals surface area (Å²) >= 11 is 0. The van der Waals surface area contributed by atoms with Crippen LogP contribution < -0.4 is 10.6 Å². The number of hydrogen-bond donors (Lipinski definition) is 5. The van der Waals surface area contributed by atoms with Crippen LogP contribution in [0.3, 0.4) is 0 Å². The van der Waals surface area contributed by atoms with Crippen LogP contribution in [0, 0.1) is 0 Å². The van der Waals surface area contributed by atoms with E-state index in [1.54, 1.807) is 38.1 Å². The van der Waals surface area contributed by atoms with Gasteiger partial charge < -0.3 is 15.5 Å². The van der Waals surface area contributed by atoms with Crippen molar-refractivity contribution in [1.82, 2.24) is 20.5 Å². The lowest BCUT2D eigenvalue weighted by molar-refractivity contribution is 0.0141. The number of amides is 2. The van der Waals surface area contributed by atoms with E-state index in [-0.39, 0.29) is 22.4 Å². The molecule has 0 unspecified atom stereocenters. The molecule has 1 aromatic carbocycles. The van der Waals surface area contributed by atoms with Crippen molar-refractivity contribution in [2.24, 2.45) is 0 Å². The summed E-state index contributed by atoms with van der Waals surface area (Å²) in [6.45, 7) is 3.22. The molecule has 3 aromatic rings. The van der Waals surface area contributed by atoms with Gasteiger partial charge in [0.2, 0.25) is 0 Å². The number of aliphatic hydroxyl groups excluding tert-OH is 1. The molecule has 0 fully saturated rings. The molecular formula is C20H23F2N5O3. The molecule has 0 radical (unpaired) electrons. The van der Waals surface area contributed by atoms with Crippen molar-refractivity contribution in [1.29, 1.82) is 0 Å². The Morgan fingerprint density at radius 2 is 1.90 bits per heavy atom. The third-order valence-corrected chi connectivity index (χ3v) is 4.56. The second-order valence-corrected chi connectivity index (χ2v) is 7.59. The highest BCUT2D eigenvalue weighted by Crippen LogP contribution is 2.33. The second kappa shape index (κ2) is 7.96. The zero-order valence-corrected chi connectivity index (χ0v) is 16.7. The average Bonchev–Trinajstić information content (AvgIpc) is 3.09. The molecule has 0 saturated carbocycles. The number of alkyl halides is 2. The van der Waals surface area contributed by atoms with Crippen LogP contribution in [0.25, 0.3) is 10.9 Å². The van der Waals surface area contributed by atoms with Gasteiger partial charge in [-0.05, 0) is 19.4 Å². The SMILES string of the molecule is CC(F)(F)c1[nH]nc2cc(NC(=O)N[C@@H](c3ccccc3)C(C)(C)O)nc(CO)c12. The number of aliphatic hydroxyl groups is 2. The maximum absolute atomic E-state index is 13.8. The predicted octanol–water partition coefficient (Wildman–Crippen LogP) is 3.20. The maximum atomic E-state index is 13.8. The number of anilines is 1. The summed E-state index contributed by atoms with van der Waals surface area (Å²) in [7, 11) is 0. The summed E-state index contributed by atoms with van der Waals surface area (Å²) in [5.74, 6) is -3.19. The summed E-state index contributed by atoms with van der Waals surface area (Å²) in [4.78, 5) is 16.6. The van der Waals surface area contributed by atoms with Gasteiger partial charge in [-0.25, -0.2) is 9.78 Å². The largest absolute Gasteiger partial charge is 0.390 e. The van der Waals surface area contributed by atoms with Crippen molar-refractivity contribution in [2.75, 3.05) is 5.32 Å². The van der Waals surface area contributed by atoms with E-state index in [0.29, 0.717) is 12.5 Å². The fraction of sp³-hybridized carbons (Fsp3) is 0.350. The third-order valence-electron chi connectivity index (χ3n) is 4.56. The molecule has 2 amide bonds. The lowest BCUT2D eigenvalue weighted by Gasteiger charge is -2.30. The molecule has 0 aliphatic carbocycles. The van der Waals surface area contributed by atoms with Gasteiger partial charge in [-0.3, -0.25) is 10.4 Å². The minimum atomic E-state index is -3.21. The number of aromatic nitrogens is 3. The second-order valence-electron chi connectivity index (χ2n) is 7.59. The number of halogens is 2. The van der Waals surface area contributed by atoms with Gasteiger partial charge in [-0.15, -0.1) is 0 Å². The van der Waals surface area contributed by atoms with Gasteiger partial charge in [0.25, 0.3) is 5.92 Å². The fourth-order valence-electron chi connectivity index (χ4n) is 3.21. The van der Waals surface area contributed by atoms with Gasteiger partial charge in [0, 0.05) is 13.0 Å². The van der Waals surface area contributed by atoms with Gasteiger partial charge in [-0.1, -0.05) is 30.3 Å². The Labute approximate surface area is 171 Å². The molecule has 0 aliphatic rings. The molecule has 2 heterocycles. The molecule has 3 rings (SSSR count). The van der Waals surface area contributed by atoms with E-state index in [1.807, 2.05) is 6.07 Å². The quantitative estimate of drug-likeness (QED) is 0.420. The van der Waals surface area contributed by atoms with E-state index >= 15 is 0 Å². The highest BCUT2D eigenvalue weighted by molar-refractivity contribution is 5.92. The molecule has 160 valence electrons. The first-order valence-corrected chi connectivity index (χ1v) is 9.22. The van der Waals surface area contributed by atoms with Gasteiger partial charge in [-0.2, -0.15) is 13.9 Å². The van der Waals surface area contributed by atoms with Crippen LogP contribution in [-0.4, -0.2) is 37.0 Å². The number of hydrogen-bond acceptors (Lipinski definition) is 5.